The van der Waals surface area contributed by atoms with E-state index in [-0.39, 0.29) is 5.82 Å². The molecule has 0 unspecified atom stereocenters. The highest BCUT2D eigenvalue weighted by Gasteiger charge is 2.22. The molecule has 1 aliphatic rings. The second-order valence-electron chi connectivity index (χ2n) is 5.67. The molecule has 0 spiro atoms. The molecule has 1 aromatic heterocycles. The van der Waals surface area contributed by atoms with Crippen LogP contribution >= 0.6 is 0 Å². The van der Waals surface area contributed by atoms with Crippen molar-refractivity contribution in [3.63, 3.8) is 0 Å². The lowest BCUT2D eigenvalue weighted by Gasteiger charge is -2.28. The third-order valence-corrected chi connectivity index (χ3v) is 4.31. The van der Waals surface area contributed by atoms with Crippen molar-refractivity contribution in [3.8, 4) is 6.07 Å². The van der Waals surface area contributed by atoms with Gasteiger partial charge in [-0.1, -0.05) is 32.6 Å². The maximum atomic E-state index is 8.70. The SMILES string of the molecule is CCCCC[C@H]1CC[C@H](c2cnc(C#N)nc2)CC1. The van der Waals surface area contributed by atoms with Crippen molar-refractivity contribution in [1.29, 1.82) is 5.26 Å². The second kappa shape index (κ2) is 7.23. The summed E-state index contributed by atoms with van der Waals surface area (Å²) < 4.78 is 0. The Kier molecular flexibility index (Phi) is 5.32. The average Bonchev–Trinajstić information content (AvgIpc) is 2.48. The Bertz CT molecular complexity index is 411. The summed E-state index contributed by atoms with van der Waals surface area (Å²) in [6.07, 6.45) is 14.4. The first-order valence-electron chi connectivity index (χ1n) is 7.55. The third kappa shape index (κ3) is 4.02. The highest BCUT2D eigenvalue weighted by Crippen LogP contribution is 2.37. The van der Waals surface area contributed by atoms with Crippen LogP contribution in [0.4, 0.5) is 0 Å². The molecule has 1 heterocycles. The minimum absolute atomic E-state index is 0.275. The quantitative estimate of drug-likeness (QED) is 0.743. The Hall–Kier alpha value is -1.43. The standard InChI is InChI=1S/C16H23N3/c1-2-3-4-5-13-6-8-14(9-7-13)15-11-18-16(10-17)19-12-15/h11-14H,2-9H2,1H3/t13-,14-. The van der Waals surface area contributed by atoms with Gasteiger partial charge in [-0.3, -0.25) is 0 Å². The van der Waals surface area contributed by atoms with Gasteiger partial charge in [0.05, 0.1) is 0 Å². The first kappa shape index (κ1) is 14.0. The summed E-state index contributed by atoms with van der Waals surface area (Å²) in [6, 6.07) is 1.97. The molecule has 0 radical (unpaired) electrons. The Balaban J connectivity index is 1.80. The van der Waals surface area contributed by atoms with Gasteiger partial charge >= 0.3 is 0 Å². The van der Waals surface area contributed by atoms with Crippen molar-refractivity contribution in [3.05, 3.63) is 23.8 Å². The third-order valence-electron chi connectivity index (χ3n) is 4.31. The first-order valence-corrected chi connectivity index (χ1v) is 7.55. The van der Waals surface area contributed by atoms with E-state index in [9.17, 15) is 0 Å². The molecular formula is C16H23N3. The van der Waals surface area contributed by atoms with E-state index in [1.54, 1.807) is 0 Å². The molecule has 102 valence electrons. The topological polar surface area (TPSA) is 49.6 Å². The summed E-state index contributed by atoms with van der Waals surface area (Å²) in [7, 11) is 0. The minimum Gasteiger partial charge on any atom is -0.227 e. The molecule has 0 saturated heterocycles. The molecule has 0 amide bonds. The zero-order chi connectivity index (χ0) is 13.5. The fraction of sp³-hybridized carbons (Fsp3) is 0.688. The van der Waals surface area contributed by atoms with Crippen LogP contribution in [0.2, 0.25) is 0 Å². The fourth-order valence-electron chi connectivity index (χ4n) is 3.07. The molecule has 2 rings (SSSR count). The lowest BCUT2D eigenvalue weighted by atomic mass is 9.77. The van der Waals surface area contributed by atoms with Gasteiger partial charge in [0.2, 0.25) is 5.82 Å². The van der Waals surface area contributed by atoms with E-state index in [2.05, 4.69) is 16.9 Å². The molecule has 3 heteroatoms. The van der Waals surface area contributed by atoms with Crippen molar-refractivity contribution in [2.45, 2.75) is 64.2 Å². The number of nitriles is 1. The molecule has 0 atom stereocenters. The summed E-state index contributed by atoms with van der Waals surface area (Å²) in [4.78, 5) is 8.16. The molecule has 1 aliphatic carbocycles. The van der Waals surface area contributed by atoms with Crippen LogP contribution in [0.25, 0.3) is 0 Å². The molecule has 1 fully saturated rings. The Labute approximate surface area is 116 Å². The van der Waals surface area contributed by atoms with Crippen molar-refractivity contribution < 1.29 is 0 Å². The lowest BCUT2D eigenvalue weighted by molar-refractivity contribution is 0.302. The second-order valence-corrected chi connectivity index (χ2v) is 5.67. The normalized spacial score (nSPS) is 22.9. The summed E-state index contributed by atoms with van der Waals surface area (Å²) >= 11 is 0. The van der Waals surface area contributed by atoms with Gasteiger partial charge < -0.3 is 0 Å². The summed E-state index contributed by atoms with van der Waals surface area (Å²) in [5, 5.41) is 8.70. The number of hydrogen-bond donors (Lipinski definition) is 0. The van der Waals surface area contributed by atoms with E-state index < -0.39 is 0 Å². The van der Waals surface area contributed by atoms with Gasteiger partial charge in [0, 0.05) is 12.4 Å². The fourth-order valence-corrected chi connectivity index (χ4v) is 3.07. The molecule has 3 nitrogen and oxygen atoms in total. The Morgan fingerprint density at radius 2 is 1.84 bits per heavy atom. The van der Waals surface area contributed by atoms with Crippen LogP contribution < -0.4 is 0 Å². The van der Waals surface area contributed by atoms with E-state index >= 15 is 0 Å². The van der Waals surface area contributed by atoms with Gasteiger partial charge in [0.1, 0.15) is 6.07 Å². The highest BCUT2D eigenvalue weighted by molar-refractivity contribution is 5.17. The van der Waals surface area contributed by atoms with Crippen LogP contribution in [-0.4, -0.2) is 9.97 Å². The molecule has 0 aliphatic heterocycles. The summed E-state index contributed by atoms with van der Waals surface area (Å²) in [6.45, 7) is 2.27. The van der Waals surface area contributed by atoms with E-state index in [1.165, 1.54) is 56.9 Å². The van der Waals surface area contributed by atoms with Crippen LogP contribution in [0.15, 0.2) is 12.4 Å². The van der Waals surface area contributed by atoms with Crippen LogP contribution in [-0.2, 0) is 0 Å². The van der Waals surface area contributed by atoms with Crippen LogP contribution in [0, 0.1) is 17.2 Å². The van der Waals surface area contributed by atoms with Gasteiger partial charge in [0.15, 0.2) is 0 Å². The van der Waals surface area contributed by atoms with E-state index in [0.29, 0.717) is 5.92 Å². The summed E-state index contributed by atoms with van der Waals surface area (Å²) in [5.74, 6) is 1.81. The zero-order valence-corrected chi connectivity index (χ0v) is 11.8. The van der Waals surface area contributed by atoms with Crippen molar-refractivity contribution in [1.82, 2.24) is 9.97 Å². The molecule has 1 aromatic rings. The smallest absolute Gasteiger partial charge is 0.227 e. The number of unbranched alkanes of at least 4 members (excludes halogenated alkanes) is 2. The maximum absolute atomic E-state index is 8.70. The predicted octanol–water partition coefficient (Wildman–Crippen LogP) is 4.20. The number of hydrogen-bond acceptors (Lipinski definition) is 3. The van der Waals surface area contributed by atoms with E-state index in [0.717, 1.165) is 5.92 Å². The number of rotatable bonds is 5. The van der Waals surface area contributed by atoms with E-state index in [4.69, 9.17) is 5.26 Å². The first-order chi connectivity index (χ1) is 9.33. The minimum atomic E-state index is 0.275. The van der Waals surface area contributed by atoms with Crippen molar-refractivity contribution in [2.24, 2.45) is 5.92 Å². The molecule has 0 aromatic carbocycles. The molecular weight excluding hydrogens is 234 g/mol. The van der Waals surface area contributed by atoms with E-state index in [1.807, 2.05) is 18.5 Å². The highest BCUT2D eigenvalue weighted by atomic mass is 14.9. The monoisotopic (exact) mass is 257 g/mol. The van der Waals surface area contributed by atoms with Gasteiger partial charge in [-0.25, -0.2) is 9.97 Å². The van der Waals surface area contributed by atoms with Crippen LogP contribution in [0.1, 0.15) is 75.6 Å². The predicted molar refractivity (Wildman–Crippen MR) is 75.6 cm³/mol. The van der Waals surface area contributed by atoms with Crippen LogP contribution in [0.3, 0.4) is 0 Å². The molecule has 0 N–H and O–H groups in total. The van der Waals surface area contributed by atoms with Gasteiger partial charge in [-0.2, -0.15) is 5.26 Å². The van der Waals surface area contributed by atoms with Crippen molar-refractivity contribution in [2.75, 3.05) is 0 Å². The van der Waals surface area contributed by atoms with Gasteiger partial charge in [0.25, 0.3) is 0 Å². The van der Waals surface area contributed by atoms with Gasteiger partial charge in [-0.05, 0) is 43.1 Å². The zero-order valence-electron chi connectivity index (χ0n) is 11.8. The van der Waals surface area contributed by atoms with Crippen molar-refractivity contribution >= 4 is 0 Å². The molecule has 1 saturated carbocycles. The molecule has 0 bridgehead atoms. The number of aromatic nitrogens is 2. The van der Waals surface area contributed by atoms with Gasteiger partial charge in [-0.15, -0.1) is 0 Å². The number of nitrogens with zero attached hydrogens (tertiary/aromatic N) is 3. The summed E-state index contributed by atoms with van der Waals surface area (Å²) in [5.41, 5.74) is 1.21. The largest absolute Gasteiger partial charge is 0.232 e. The average molecular weight is 257 g/mol. The maximum Gasteiger partial charge on any atom is 0.232 e. The Morgan fingerprint density at radius 1 is 1.16 bits per heavy atom. The van der Waals surface area contributed by atoms with Crippen LogP contribution in [0.5, 0.6) is 0 Å². The lowest BCUT2D eigenvalue weighted by Crippen LogP contribution is -2.14. The molecule has 19 heavy (non-hydrogen) atoms. The Morgan fingerprint density at radius 3 is 2.42 bits per heavy atom.